The molecule has 2 aromatic carbocycles. The van der Waals surface area contributed by atoms with E-state index in [-0.39, 0.29) is 0 Å². The number of hydrazine groups is 1. The monoisotopic (exact) mass is 266 g/mol. The van der Waals surface area contributed by atoms with Crippen LogP contribution in [0.1, 0.15) is 0 Å². The first-order valence-electron chi connectivity index (χ1n) is 6.91. The summed E-state index contributed by atoms with van der Waals surface area (Å²) in [4.78, 5) is 4.58. The Kier molecular flexibility index (Phi) is 2.33. The molecule has 4 heteroatoms. The molecule has 20 heavy (non-hydrogen) atoms. The molecule has 0 unspecified atom stereocenters. The Labute approximate surface area is 119 Å². The Bertz CT molecular complexity index is 597. The molecule has 0 amide bonds. The zero-order valence-corrected chi connectivity index (χ0v) is 11.8. The van der Waals surface area contributed by atoms with Crippen molar-refractivity contribution in [1.82, 2.24) is 0 Å². The van der Waals surface area contributed by atoms with Gasteiger partial charge in [0.2, 0.25) is 0 Å². The predicted molar refractivity (Wildman–Crippen MR) is 84.4 cm³/mol. The molecule has 0 spiro atoms. The molecule has 0 radical (unpaired) electrons. The molecule has 102 valence electrons. The van der Waals surface area contributed by atoms with Crippen LogP contribution in [0, 0.1) is 0 Å². The molecule has 0 aromatic heterocycles. The van der Waals surface area contributed by atoms with Crippen LogP contribution in [0.3, 0.4) is 0 Å². The van der Waals surface area contributed by atoms with E-state index in [2.05, 4.69) is 82.4 Å². The van der Waals surface area contributed by atoms with E-state index in [0.717, 1.165) is 13.3 Å². The fourth-order valence-electron chi connectivity index (χ4n) is 3.13. The van der Waals surface area contributed by atoms with E-state index in [9.17, 15) is 0 Å². The summed E-state index contributed by atoms with van der Waals surface area (Å²) in [6, 6.07) is 17.2. The maximum absolute atomic E-state index is 2.36. The molecule has 0 saturated heterocycles. The number of anilines is 4. The van der Waals surface area contributed by atoms with E-state index < -0.39 is 0 Å². The highest BCUT2D eigenvalue weighted by Crippen LogP contribution is 2.42. The lowest BCUT2D eigenvalue weighted by molar-refractivity contribution is 0.745. The van der Waals surface area contributed by atoms with Crippen LogP contribution in [0.25, 0.3) is 0 Å². The quantitative estimate of drug-likeness (QED) is 0.786. The normalized spacial score (nSPS) is 16.7. The summed E-state index contributed by atoms with van der Waals surface area (Å²) >= 11 is 0. The lowest BCUT2D eigenvalue weighted by Crippen LogP contribution is -2.45. The molecule has 4 rings (SSSR count). The number of hydrogen-bond donors (Lipinski definition) is 0. The molecule has 0 bridgehead atoms. The maximum atomic E-state index is 2.36. The molecular weight excluding hydrogens is 248 g/mol. The van der Waals surface area contributed by atoms with Gasteiger partial charge in [-0.25, -0.2) is 0 Å². The Morgan fingerprint density at radius 2 is 0.950 bits per heavy atom. The summed E-state index contributed by atoms with van der Waals surface area (Å²) in [6.07, 6.45) is 0. The largest absolute Gasteiger partial charge is 0.354 e. The molecule has 4 nitrogen and oxygen atoms in total. The van der Waals surface area contributed by atoms with E-state index in [1.165, 1.54) is 22.7 Å². The highest BCUT2D eigenvalue weighted by molar-refractivity contribution is 5.83. The second kappa shape index (κ2) is 4.07. The highest BCUT2D eigenvalue weighted by atomic mass is 15.7. The topological polar surface area (TPSA) is 13.0 Å². The fourth-order valence-corrected chi connectivity index (χ4v) is 3.13. The summed E-state index contributed by atoms with van der Waals surface area (Å²) in [5.41, 5.74) is 5.14. The Hall–Kier alpha value is -2.36. The number of nitrogens with zero attached hydrogens (tertiary/aromatic N) is 4. The Balaban J connectivity index is 1.78. The zero-order chi connectivity index (χ0) is 13.7. The average Bonchev–Trinajstić information content (AvgIpc) is 2.99. The minimum absolute atomic E-state index is 0.890. The van der Waals surface area contributed by atoms with Gasteiger partial charge in [-0.05, 0) is 24.3 Å². The zero-order valence-electron chi connectivity index (χ0n) is 11.8. The van der Waals surface area contributed by atoms with Crippen LogP contribution in [0.2, 0.25) is 0 Å². The Morgan fingerprint density at radius 3 is 1.35 bits per heavy atom. The van der Waals surface area contributed by atoms with Gasteiger partial charge in [-0.3, -0.25) is 10.0 Å². The van der Waals surface area contributed by atoms with E-state index >= 15 is 0 Å². The first-order valence-corrected chi connectivity index (χ1v) is 6.91. The van der Waals surface area contributed by atoms with Crippen molar-refractivity contribution < 1.29 is 0 Å². The molecule has 2 aliphatic heterocycles. The van der Waals surface area contributed by atoms with Crippen LogP contribution in [0.5, 0.6) is 0 Å². The van der Waals surface area contributed by atoms with Crippen molar-refractivity contribution in [3.63, 3.8) is 0 Å². The molecule has 0 N–H and O–H groups in total. The lowest BCUT2D eigenvalue weighted by atomic mass is 10.2. The van der Waals surface area contributed by atoms with E-state index in [1.54, 1.807) is 0 Å². The molecule has 0 saturated carbocycles. The summed E-state index contributed by atoms with van der Waals surface area (Å²) in [6.45, 7) is 1.78. The first-order chi connectivity index (χ1) is 9.75. The van der Waals surface area contributed by atoms with Crippen LogP contribution < -0.4 is 19.8 Å². The molecule has 0 atom stereocenters. The van der Waals surface area contributed by atoms with E-state index in [1.807, 2.05) is 0 Å². The minimum Gasteiger partial charge on any atom is -0.354 e. The van der Waals surface area contributed by atoms with Gasteiger partial charge in [0.25, 0.3) is 0 Å². The summed E-state index contributed by atoms with van der Waals surface area (Å²) in [5, 5.41) is 4.72. The van der Waals surface area contributed by atoms with E-state index in [0.29, 0.717) is 0 Å². The SMILES string of the molecule is CN1CN(N2CN(C)c3ccccc32)c2ccccc21. The standard InChI is InChI=1S/C16H18N4/c1-17-11-19(15-9-5-3-7-13(15)17)20-12-18(2)14-8-4-6-10-16(14)20/h3-10H,11-12H2,1-2H3. The lowest BCUT2D eigenvalue weighted by Gasteiger charge is -2.31. The number of fused-ring (bicyclic) bond motifs is 2. The molecule has 0 aliphatic carbocycles. The number of benzene rings is 2. The molecule has 0 fully saturated rings. The Morgan fingerprint density at radius 1 is 0.600 bits per heavy atom. The van der Waals surface area contributed by atoms with Crippen LogP contribution in [0.15, 0.2) is 48.5 Å². The van der Waals surface area contributed by atoms with Crippen LogP contribution in [-0.4, -0.2) is 27.4 Å². The molecule has 2 aliphatic rings. The van der Waals surface area contributed by atoms with Gasteiger partial charge < -0.3 is 9.80 Å². The number of hydrogen-bond acceptors (Lipinski definition) is 4. The van der Waals surface area contributed by atoms with Gasteiger partial charge in [0, 0.05) is 14.1 Å². The number of para-hydroxylation sites is 4. The number of rotatable bonds is 1. The van der Waals surface area contributed by atoms with Gasteiger partial charge in [0.15, 0.2) is 0 Å². The average molecular weight is 266 g/mol. The van der Waals surface area contributed by atoms with Crippen LogP contribution in [-0.2, 0) is 0 Å². The smallest absolute Gasteiger partial charge is 0.110 e. The van der Waals surface area contributed by atoms with Crippen molar-refractivity contribution in [3.8, 4) is 0 Å². The second-order valence-electron chi connectivity index (χ2n) is 5.46. The third-order valence-corrected chi connectivity index (χ3v) is 4.13. The summed E-state index contributed by atoms with van der Waals surface area (Å²) < 4.78 is 0. The van der Waals surface area contributed by atoms with Crippen molar-refractivity contribution in [2.45, 2.75) is 0 Å². The van der Waals surface area contributed by atoms with Crippen LogP contribution >= 0.6 is 0 Å². The third-order valence-electron chi connectivity index (χ3n) is 4.13. The second-order valence-corrected chi connectivity index (χ2v) is 5.46. The van der Waals surface area contributed by atoms with Crippen molar-refractivity contribution in [1.29, 1.82) is 0 Å². The van der Waals surface area contributed by atoms with E-state index in [4.69, 9.17) is 0 Å². The van der Waals surface area contributed by atoms with Gasteiger partial charge >= 0.3 is 0 Å². The molecular formula is C16H18N4. The first kappa shape index (κ1) is 11.5. The fraction of sp³-hybridized carbons (Fsp3) is 0.250. The van der Waals surface area contributed by atoms with Gasteiger partial charge in [-0.2, -0.15) is 0 Å². The third kappa shape index (κ3) is 1.48. The van der Waals surface area contributed by atoms with Gasteiger partial charge in [0.05, 0.1) is 22.7 Å². The van der Waals surface area contributed by atoms with Gasteiger partial charge in [-0.15, -0.1) is 0 Å². The van der Waals surface area contributed by atoms with Crippen molar-refractivity contribution in [2.24, 2.45) is 0 Å². The predicted octanol–water partition coefficient (Wildman–Crippen LogP) is 2.73. The minimum atomic E-state index is 0.890. The van der Waals surface area contributed by atoms with Crippen molar-refractivity contribution in [2.75, 3.05) is 47.3 Å². The molecule has 2 aromatic rings. The highest BCUT2D eigenvalue weighted by Gasteiger charge is 2.33. The van der Waals surface area contributed by atoms with Crippen molar-refractivity contribution in [3.05, 3.63) is 48.5 Å². The maximum Gasteiger partial charge on any atom is 0.110 e. The van der Waals surface area contributed by atoms with Crippen LogP contribution in [0.4, 0.5) is 22.7 Å². The van der Waals surface area contributed by atoms with Gasteiger partial charge in [-0.1, -0.05) is 24.3 Å². The molecule has 2 heterocycles. The van der Waals surface area contributed by atoms with Gasteiger partial charge in [0.1, 0.15) is 13.3 Å². The summed E-state index contributed by atoms with van der Waals surface area (Å²) in [5.74, 6) is 0. The van der Waals surface area contributed by atoms with Crippen molar-refractivity contribution >= 4 is 22.7 Å². The summed E-state index contributed by atoms with van der Waals surface area (Å²) in [7, 11) is 4.29.